The molecule has 0 bridgehead atoms. The number of hydrogen-bond donors (Lipinski definition) is 1. The maximum Gasteiger partial charge on any atom is 0.206 e. The fraction of sp³-hybridized carbons (Fsp3) is 0.643. The second kappa shape index (κ2) is 5.14. The van der Waals surface area contributed by atoms with Gasteiger partial charge in [0.2, 0.25) is 5.95 Å². The highest BCUT2D eigenvalue weighted by molar-refractivity contribution is 5.35. The number of nitrogens with zero attached hydrogens (tertiary/aromatic N) is 3. The van der Waals surface area contributed by atoms with Gasteiger partial charge in [0, 0.05) is 31.4 Å². The first-order valence-electron chi connectivity index (χ1n) is 6.66. The molecule has 1 aromatic heterocycles. The molecular formula is C14H24N4. The molecule has 0 atom stereocenters. The fourth-order valence-electron chi connectivity index (χ4n) is 2.51. The number of imidazole rings is 1. The normalized spacial score (nSPS) is 18.9. The van der Waals surface area contributed by atoms with E-state index in [0.29, 0.717) is 0 Å². The van der Waals surface area contributed by atoms with Crippen LogP contribution in [0.3, 0.4) is 0 Å². The van der Waals surface area contributed by atoms with E-state index in [9.17, 15) is 0 Å². The Labute approximate surface area is 110 Å². The Morgan fingerprint density at radius 2 is 2.17 bits per heavy atom. The van der Waals surface area contributed by atoms with Crippen LogP contribution in [0.4, 0.5) is 5.95 Å². The van der Waals surface area contributed by atoms with Crippen LogP contribution >= 0.6 is 0 Å². The molecule has 2 rings (SSSR count). The number of allylic oxidation sites excluding steroid dienone is 1. The summed E-state index contributed by atoms with van der Waals surface area (Å²) in [6, 6.07) is 0. The molecule has 1 aliphatic heterocycles. The number of aromatic nitrogens is 2. The zero-order chi connectivity index (χ0) is 13.2. The maximum absolute atomic E-state index is 4.65. The summed E-state index contributed by atoms with van der Waals surface area (Å²) in [6.45, 7) is 11.1. The molecule has 0 radical (unpaired) electrons. The zero-order valence-electron chi connectivity index (χ0n) is 11.7. The molecule has 0 amide bonds. The van der Waals surface area contributed by atoms with Crippen molar-refractivity contribution in [3.63, 3.8) is 0 Å². The molecule has 0 spiro atoms. The number of piperidine rings is 1. The van der Waals surface area contributed by atoms with Gasteiger partial charge in [-0.3, -0.25) is 0 Å². The first-order chi connectivity index (χ1) is 8.58. The molecule has 0 unspecified atom stereocenters. The molecule has 0 aromatic carbocycles. The Hall–Kier alpha value is -1.29. The minimum atomic E-state index is 0.279. The summed E-state index contributed by atoms with van der Waals surface area (Å²) in [5.41, 5.74) is 1.36. The molecule has 100 valence electrons. The summed E-state index contributed by atoms with van der Waals surface area (Å²) in [6.07, 6.45) is 6.34. The number of rotatable bonds is 4. The third-order valence-electron chi connectivity index (χ3n) is 3.96. The molecule has 2 heterocycles. The second-order valence-electron chi connectivity index (χ2n) is 5.42. The van der Waals surface area contributed by atoms with Gasteiger partial charge in [0.05, 0.1) is 5.69 Å². The van der Waals surface area contributed by atoms with Gasteiger partial charge in [-0.25, -0.2) is 4.98 Å². The summed E-state index contributed by atoms with van der Waals surface area (Å²) in [4.78, 5) is 7.03. The van der Waals surface area contributed by atoms with E-state index in [2.05, 4.69) is 46.5 Å². The van der Waals surface area contributed by atoms with Gasteiger partial charge in [0.1, 0.15) is 0 Å². The van der Waals surface area contributed by atoms with E-state index >= 15 is 0 Å². The van der Waals surface area contributed by atoms with Gasteiger partial charge >= 0.3 is 0 Å². The van der Waals surface area contributed by atoms with Crippen molar-refractivity contribution in [2.75, 3.05) is 25.0 Å². The zero-order valence-corrected chi connectivity index (χ0v) is 11.7. The molecule has 4 nitrogen and oxygen atoms in total. The molecule has 4 heteroatoms. The highest BCUT2D eigenvalue weighted by Crippen LogP contribution is 2.25. The molecule has 1 N–H and O–H groups in total. The lowest BCUT2D eigenvalue weighted by Gasteiger charge is -2.39. The highest BCUT2D eigenvalue weighted by atomic mass is 15.3. The Bertz CT molecular complexity index is 413. The van der Waals surface area contributed by atoms with E-state index in [1.165, 1.54) is 0 Å². The smallest absolute Gasteiger partial charge is 0.206 e. The molecule has 0 aliphatic carbocycles. The lowest BCUT2D eigenvalue weighted by atomic mass is 9.90. The van der Waals surface area contributed by atoms with E-state index in [4.69, 9.17) is 0 Å². The number of anilines is 1. The van der Waals surface area contributed by atoms with Crippen LogP contribution in [0.5, 0.6) is 0 Å². The summed E-state index contributed by atoms with van der Waals surface area (Å²) in [5, 5.41) is 3.43. The van der Waals surface area contributed by atoms with Crippen molar-refractivity contribution in [1.82, 2.24) is 14.9 Å². The predicted molar refractivity (Wildman–Crippen MR) is 76.1 cm³/mol. The Balaban J connectivity index is 2.11. The summed E-state index contributed by atoms with van der Waals surface area (Å²) in [5.74, 6) is 1.09. The highest BCUT2D eigenvalue weighted by Gasteiger charge is 2.29. The lowest BCUT2D eigenvalue weighted by Crippen LogP contribution is -2.50. The molecule has 1 aliphatic rings. The van der Waals surface area contributed by atoms with Gasteiger partial charge in [-0.2, -0.15) is 0 Å². The monoisotopic (exact) mass is 248 g/mol. The van der Waals surface area contributed by atoms with Crippen molar-refractivity contribution in [2.45, 2.75) is 38.8 Å². The third-order valence-corrected chi connectivity index (χ3v) is 3.96. The van der Waals surface area contributed by atoms with Crippen LogP contribution in [-0.4, -0.2) is 35.2 Å². The topological polar surface area (TPSA) is 33.1 Å². The molecule has 18 heavy (non-hydrogen) atoms. The minimum Gasteiger partial charge on any atom is -0.342 e. The van der Waals surface area contributed by atoms with Crippen LogP contribution in [0.2, 0.25) is 0 Å². The van der Waals surface area contributed by atoms with Crippen molar-refractivity contribution < 1.29 is 0 Å². The SMILES string of the molecule is C=CCn1cc(C)nc1N1CCC(C)(NC)CC1. The van der Waals surface area contributed by atoms with Crippen molar-refractivity contribution in [3.05, 3.63) is 24.5 Å². The molecule has 0 saturated carbocycles. The fourth-order valence-corrected chi connectivity index (χ4v) is 2.51. The molecule has 1 saturated heterocycles. The van der Waals surface area contributed by atoms with Crippen molar-refractivity contribution in [3.8, 4) is 0 Å². The quantitative estimate of drug-likeness (QED) is 0.827. The molecular weight excluding hydrogens is 224 g/mol. The number of aryl methyl sites for hydroxylation is 1. The largest absolute Gasteiger partial charge is 0.342 e. The lowest BCUT2D eigenvalue weighted by molar-refractivity contribution is 0.303. The van der Waals surface area contributed by atoms with E-state index in [-0.39, 0.29) is 5.54 Å². The van der Waals surface area contributed by atoms with Gasteiger partial charge < -0.3 is 14.8 Å². The summed E-state index contributed by atoms with van der Waals surface area (Å²) in [7, 11) is 2.05. The third kappa shape index (κ3) is 2.58. The standard InChI is InChI=1S/C14H24N4/c1-5-8-18-11-12(2)16-13(18)17-9-6-14(3,15-4)7-10-17/h5,11,15H,1,6-10H2,2-4H3. The predicted octanol–water partition coefficient (Wildman–Crippen LogP) is 1.96. The first-order valence-corrected chi connectivity index (χ1v) is 6.66. The average molecular weight is 248 g/mol. The Kier molecular flexibility index (Phi) is 3.76. The van der Waals surface area contributed by atoms with E-state index in [0.717, 1.165) is 44.1 Å². The van der Waals surface area contributed by atoms with Gasteiger partial charge in [0.15, 0.2) is 0 Å². The summed E-state index contributed by atoms with van der Waals surface area (Å²) >= 11 is 0. The van der Waals surface area contributed by atoms with Crippen LogP contribution in [0, 0.1) is 6.92 Å². The number of nitrogens with one attached hydrogen (secondary N) is 1. The molecule has 1 fully saturated rings. The van der Waals surface area contributed by atoms with E-state index < -0.39 is 0 Å². The first kappa shape index (κ1) is 13.1. The van der Waals surface area contributed by atoms with E-state index in [1.54, 1.807) is 0 Å². The summed E-state index contributed by atoms with van der Waals surface area (Å²) < 4.78 is 2.18. The van der Waals surface area contributed by atoms with Crippen LogP contribution in [0.25, 0.3) is 0 Å². The number of hydrogen-bond acceptors (Lipinski definition) is 3. The van der Waals surface area contributed by atoms with E-state index in [1.807, 2.05) is 13.0 Å². The van der Waals surface area contributed by atoms with Gasteiger partial charge in [-0.15, -0.1) is 6.58 Å². The second-order valence-corrected chi connectivity index (χ2v) is 5.42. The average Bonchev–Trinajstić information content (AvgIpc) is 2.72. The van der Waals surface area contributed by atoms with Crippen LogP contribution in [-0.2, 0) is 6.54 Å². The molecule has 1 aromatic rings. The van der Waals surface area contributed by atoms with Crippen LogP contribution in [0.15, 0.2) is 18.9 Å². The van der Waals surface area contributed by atoms with Crippen molar-refractivity contribution >= 4 is 5.95 Å². The van der Waals surface area contributed by atoms with Gasteiger partial charge in [-0.05, 0) is 33.7 Å². The minimum absolute atomic E-state index is 0.279. The van der Waals surface area contributed by atoms with Gasteiger partial charge in [0.25, 0.3) is 0 Å². The Morgan fingerprint density at radius 1 is 1.50 bits per heavy atom. The van der Waals surface area contributed by atoms with Gasteiger partial charge in [-0.1, -0.05) is 6.08 Å². The maximum atomic E-state index is 4.65. The Morgan fingerprint density at radius 3 is 2.72 bits per heavy atom. The van der Waals surface area contributed by atoms with Crippen LogP contribution < -0.4 is 10.2 Å². The van der Waals surface area contributed by atoms with Crippen LogP contribution in [0.1, 0.15) is 25.5 Å². The van der Waals surface area contributed by atoms with Crippen molar-refractivity contribution in [1.29, 1.82) is 0 Å². The van der Waals surface area contributed by atoms with Crippen molar-refractivity contribution in [2.24, 2.45) is 0 Å².